The van der Waals surface area contributed by atoms with E-state index in [4.69, 9.17) is 11.0 Å². The topological polar surface area (TPSA) is 53.0 Å². The molecule has 1 rings (SSSR count). The summed E-state index contributed by atoms with van der Waals surface area (Å²) in [5.41, 5.74) is 5.38. The van der Waals surface area contributed by atoms with Crippen molar-refractivity contribution < 1.29 is 0 Å². The molecular formula is C9H17N3. The monoisotopic (exact) mass is 167 g/mol. The van der Waals surface area contributed by atoms with Crippen LogP contribution < -0.4 is 5.73 Å². The van der Waals surface area contributed by atoms with Crippen molar-refractivity contribution in [1.29, 1.82) is 5.26 Å². The van der Waals surface area contributed by atoms with Crippen molar-refractivity contribution in [2.45, 2.75) is 38.3 Å². The molecule has 68 valence electrons. The van der Waals surface area contributed by atoms with E-state index in [9.17, 15) is 0 Å². The van der Waals surface area contributed by atoms with E-state index in [2.05, 4.69) is 31.7 Å². The molecule has 0 spiro atoms. The van der Waals surface area contributed by atoms with Crippen molar-refractivity contribution in [3.05, 3.63) is 0 Å². The maximum Gasteiger partial charge on any atom is 0.118 e. The molecule has 0 saturated carbocycles. The molecule has 3 nitrogen and oxygen atoms in total. The van der Waals surface area contributed by atoms with Gasteiger partial charge in [0.25, 0.3) is 0 Å². The van der Waals surface area contributed by atoms with Gasteiger partial charge in [0.05, 0.1) is 6.07 Å². The first-order valence-electron chi connectivity index (χ1n) is 4.33. The second-order valence-electron chi connectivity index (χ2n) is 4.61. The summed E-state index contributed by atoms with van der Waals surface area (Å²) in [5.74, 6) is 0. The molecule has 3 heteroatoms. The Labute approximate surface area is 74.1 Å². The zero-order valence-corrected chi connectivity index (χ0v) is 8.09. The summed E-state index contributed by atoms with van der Waals surface area (Å²) in [6.45, 7) is 8.09. The fourth-order valence-corrected chi connectivity index (χ4v) is 1.50. The van der Waals surface area contributed by atoms with Gasteiger partial charge in [0.1, 0.15) is 5.54 Å². The number of hydrogen-bond donors (Lipinski definition) is 1. The molecule has 0 aromatic carbocycles. The molecule has 0 amide bonds. The fraction of sp³-hybridized carbons (Fsp3) is 0.889. The Morgan fingerprint density at radius 3 is 2.33 bits per heavy atom. The lowest BCUT2D eigenvalue weighted by molar-refractivity contribution is 0.169. The molecule has 1 aliphatic heterocycles. The lowest BCUT2D eigenvalue weighted by atomic mass is 10.0. The molecule has 1 fully saturated rings. The van der Waals surface area contributed by atoms with Crippen LogP contribution in [0.5, 0.6) is 0 Å². The van der Waals surface area contributed by atoms with Gasteiger partial charge in [-0.1, -0.05) is 0 Å². The summed E-state index contributed by atoms with van der Waals surface area (Å²) in [7, 11) is 0. The van der Waals surface area contributed by atoms with Gasteiger partial charge in [0.2, 0.25) is 0 Å². The predicted molar refractivity (Wildman–Crippen MR) is 48.5 cm³/mol. The lowest BCUT2D eigenvalue weighted by Gasteiger charge is -2.32. The third-order valence-electron chi connectivity index (χ3n) is 2.47. The van der Waals surface area contributed by atoms with Gasteiger partial charge in [0, 0.05) is 18.6 Å². The van der Waals surface area contributed by atoms with E-state index in [1.807, 2.05) is 0 Å². The number of nitriles is 1. The number of nitrogens with two attached hydrogens (primary N) is 1. The molecule has 1 heterocycles. The van der Waals surface area contributed by atoms with E-state index >= 15 is 0 Å². The molecule has 0 aromatic heterocycles. The Hall–Kier alpha value is -0.590. The van der Waals surface area contributed by atoms with Gasteiger partial charge in [-0.3, -0.25) is 4.90 Å². The molecule has 0 aliphatic carbocycles. The Balaban J connectivity index is 2.65. The standard InChI is InChI=1S/C9H17N3/c1-8(2,3)12-5-4-9(11,6-10)7-12/h4-5,7,11H2,1-3H3. The molecule has 1 atom stereocenters. The first kappa shape index (κ1) is 9.50. The minimum Gasteiger partial charge on any atom is -0.312 e. The van der Waals surface area contributed by atoms with Gasteiger partial charge in [-0.15, -0.1) is 0 Å². The van der Waals surface area contributed by atoms with E-state index in [1.54, 1.807) is 0 Å². The van der Waals surface area contributed by atoms with Crippen LogP contribution in [0.4, 0.5) is 0 Å². The minimum absolute atomic E-state index is 0.137. The first-order chi connectivity index (χ1) is 5.37. The maximum absolute atomic E-state index is 8.81. The Kier molecular flexibility index (Phi) is 2.15. The zero-order chi connectivity index (χ0) is 9.41. The van der Waals surface area contributed by atoms with E-state index in [1.165, 1.54) is 0 Å². The number of likely N-dealkylation sites (tertiary alicyclic amines) is 1. The average molecular weight is 167 g/mol. The van der Waals surface area contributed by atoms with Crippen molar-refractivity contribution in [2.75, 3.05) is 13.1 Å². The zero-order valence-electron chi connectivity index (χ0n) is 8.09. The predicted octanol–water partition coefficient (Wildman–Crippen LogP) is 0.712. The molecule has 1 unspecified atom stereocenters. The van der Waals surface area contributed by atoms with Gasteiger partial charge in [-0.25, -0.2) is 0 Å². The molecule has 0 bridgehead atoms. The summed E-state index contributed by atoms with van der Waals surface area (Å²) < 4.78 is 0. The Bertz CT molecular complexity index is 211. The summed E-state index contributed by atoms with van der Waals surface area (Å²) in [6, 6.07) is 2.18. The van der Waals surface area contributed by atoms with E-state index in [0.717, 1.165) is 13.0 Å². The van der Waals surface area contributed by atoms with E-state index < -0.39 is 5.54 Å². The number of hydrogen-bond acceptors (Lipinski definition) is 3. The highest BCUT2D eigenvalue weighted by Crippen LogP contribution is 2.25. The second kappa shape index (κ2) is 2.72. The molecule has 2 N–H and O–H groups in total. The lowest BCUT2D eigenvalue weighted by Crippen LogP contribution is -2.46. The summed E-state index contributed by atoms with van der Waals surface area (Å²) in [6.07, 6.45) is 0.792. The van der Waals surface area contributed by atoms with Crippen LogP contribution in [0, 0.1) is 11.3 Å². The fourth-order valence-electron chi connectivity index (χ4n) is 1.50. The Morgan fingerprint density at radius 2 is 2.08 bits per heavy atom. The third-order valence-corrected chi connectivity index (χ3v) is 2.47. The minimum atomic E-state index is -0.604. The highest BCUT2D eigenvalue weighted by molar-refractivity contribution is 5.11. The van der Waals surface area contributed by atoms with Crippen LogP contribution in [0.25, 0.3) is 0 Å². The molecular weight excluding hydrogens is 150 g/mol. The van der Waals surface area contributed by atoms with Crippen molar-refractivity contribution in [2.24, 2.45) is 5.73 Å². The number of rotatable bonds is 0. The van der Waals surface area contributed by atoms with Crippen molar-refractivity contribution in [3.8, 4) is 6.07 Å². The van der Waals surface area contributed by atoms with Crippen molar-refractivity contribution in [1.82, 2.24) is 4.90 Å². The molecule has 1 aliphatic rings. The van der Waals surface area contributed by atoms with Crippen LogP contribution in [0.15, 0.2) is 0 Å². The van der Waals surface area contributed by atoms with Gasteiger partial charge < -0.3 is 5.73 Å². The normalized spacial score (nSPS) is 31.9. The van der Waals surface area contributed by atoms with Gasteiger partial charge >= 0.3 is 0 Å². The summed E-state index contributed by atoms with van der Waals surface area (Å²) in [4.78, 5) is 2.26. The van der Waals surface area contributed by atoms with Gasteiger partial charge in [-0.2, -0.15) is 5.26 Å². The van der Waals surface area contributed by atoms with Crippen LogP contribution in [0.3, 0.4) is 0 Å². The summed E-state index contributed by atoms with van der Waals surface area (Å²) >= 11 is 0. The molecule has 0 aromatic rings. The van der Waals surface area contributed by atoms with E-state index in [-0.39, 0.29) is 5.54 Å². The van der Waals surface area contributed by atoms with Gasteiger partial charge in [-0.05, 0) is 27.2 Å². The second-order valence-corrected chi connectivity index (χ2v) is 4.61. The molecule has 0 radical (unpaired) electrons. The van der Waals surface area contributed by atoms with Crippen LogP contribution in [-0.2, 0) is 0 Å². The van der Waals surface area contributed by atoms with Crippen LogP contribution >= 0.6 is 0 Å². The highest BCUT2D eigenvalue weighted by atomic mass is 15.2. The SMILES string of the molecule is CC(C)(C)N1CCC(N)(C#N)C1. The quantitative estimate of drug-likeness (QED) is 0.578. The molecule has 12 heavy (non-hydrogen) atoms. The van der Waals surface area contributed by atoms with Crippen LogP contribution in [0.1, 0.15) is 27.2 Å². The summed E-state index contributed by atoms with van der Waals surface area (Å²) in [5, 5.41) is 8.81. The third kappa shape index (κ3) is 1.77. The number of nitrogens with zero attached hydrogens (tertiary/aromatic N) is 2. The van der Waals surface area contributed by atoms with Gasteiger partial charge in [0.15, 0.2) is 0 Å². The largest absolute Gasteiger partial charge is 0.312 e. The van der Waals surface area contributed by atoms with Crippen molar-refractivity contribution >= 4 is 0 Å². The van der Waals surface area contributed by atoms with Crippen LogP contribution in [-0.4, -0.2) is 29.1 Å². The highest BCUT2D eigenvalue weighted by Gasteiger charge is 2.38. The maximum atomic E-state index is 8.81. The van der Waals surface area contributed by atoms with Crippen molar-refractivity contribution in [3.63, 3.8) is 0 Å². The van der Waals surface area contributed by atoms with E-state index in [0.29, 0.717) is 6.54 Å². The van der Waals surface area contributed by atoms with Crippen LogP contribution in [0.2, 0.25) is 0 Å². The average Bonchev–Trinajstić information content (AvgIpc) is 2.32. The smallest absolute Gasteiger partial charge is 0.118 e. The Morgan fingerprint density at radius 1 is 1.50 bits per heavy atom. The first-order valence-corrected chi connectivity index (χ1v) is 4.33. The molecule has 1 saturated heterocycles.